The van der Waals surface area contributed by atoms with Gasteiger partial charge in [0.2, 0.25) is 5.91 Å². The molecule has 1 saturated heterocycles. The maximum atomic E-state index is 12.7. The molecule has 2 heterocycles. The third kappa shape index (κ3) is 3.64. The molecule has 0 spiro atoms. The van der Waals surface area contributed by atoms with Gasteiger partial charge in [-0.15, -0.1) is 0 Å². The molecule has 1 aliphatic rings. The molecule has 0 saturated carbocycles. The zero-order chi connectivity index (χ0) is 16.2. The van der Waals surface area contributed by atoms with E-state index in [9.17, 15) is 4.79 Å². The molecule has 1 aliphatic heterocycles. The van der Waals surface area contributed by atoms with E-state index in [-0.39, 0.29) is 5.91 Å². The Balaban J connectivity index is 1.65. The lowest BCUT2D eigenvalue weighted by Crippen LogP contribution is -2.54. The molecule has 1 unspecified atom stereocenters. The lowest BCUT2D eigenvalue weighted by molar-refractivity contribution is -0.135. The van der Waals surface area contributed by atoms with Crippen LogP contribution in [0.4, 0.5) is 0 Å². The van der Waals surface area contributed by atoms with E-state index < -0.39 is 0 Å². The molecule has 4 nitrogen and oxygen atoms in total. The first-order chi connectivity index (χ1) is 11.2. The van der Waals surface area contributed by atoms with E-state index in [0.29, 0.717) is 12.5 Å². The average Bonchev–Trinajstić information content (AvgIpc) is 3.09. The number of hydrogen-bond donors (Lipinski definition) is 0. The van der Waals surface area contributed by atoms with Gasteiger partial charge in [-0.3, -0.25) is 4.79 Å². The summed E-state index contributed by atoms with van der Waals surface area (Å²) in [5.74, 6) is 0.249. The maximum absolute atomic E-state index is 12.7. The second kappa shape index (κ2) is 7.01. The van der Waals surface area contributed by atoms with Gasteiger partial charge in [-0.2, -0.15) is 0 Å². The lowest BCUT2D eigenvalue weighted by Gasteiger charge is -2.39. The van der Waals surface area contributed by atoms with Gasteiger partial charge < -0.3 is 14.4 Å². The molecule has 4 heteroatoms. The molecule has 1 atom stereocenters. The summed E-state index contributed by atoms with van der Waals surface area (Å²) < 4.78 is 2.07. The minimum Gasteiger partial charge on any atom is -0.337 e. The van der Waals surface area contributed by atoms with Crippen molar-refractivity contribution in [1.82, 2.24) is 14.4 Å². The number of nitrogens with zero attached hydrogens (tertiary/aromatic N) is 3. The van der Waals surface area contributed by atoms with E-state index in [4.69, 9.17) is 0 Å². The van der Waals surface area contributed by atoms with Crippen LogP contribution in [-0.4, -0.2) is 53.0 Å². The molecular formula is C19H25N3O. The number of hydrogen-bond acceptors (Lipinski definition) is 2. The van der Waals surface area contributed by atoms with E-state index in [1.165, 1.54) is 0 Å². The minimum atomic E-state index is 0.249. The lowest BCUT2D eigenvalue weighted by atomic mass is 10.1. The number of carbonyl (C=O) groups excluding carboxylic acids is 1. The summed E-state index contributed by atoms with van der Waals surface area (Å²) in [6.07, 6.45) is 5.56. The van der Waals surface area contributed by atoms with Crippen molar-refractivity contribution >= 4 is 5.91 Å². The molecule has 3 rings (SSSR count). The van der Waals surface area contributed by atoms with Crippen LogP contribution >= 0.6 is 0 Å². The van der Waals surface area contributed by atoms with Crippen LogP contribution in [-0.2, 0) is 11.2 Å². The van der Waals surface area contributed by atoms with E-state index in [1.54, 1.807) is 0 Å². The first-order valence-corrected chi connectivity index (χ1v) is 8.37. The second-order valence-corrected chi connectivity index (χ2v) is 6.34. The Morgan fingerprint density at radius 2 is 1.83 bits per heavy atom. The summed E-state index contributed by atoms with van der Waals surface area (Å²) in [5.41, 5.74) is 2.21. The molecule has 1 amide bonds. The van der Waals surface area contributed by atoms with Crippen molar-refractivity contribution in [2.75, 3.05) is 26.7 Å². The van der Waals surface area contributed by atoms with Gasteiger partial charge in [-0.1, -0.05) is 19.1 Å². The predicted molar refractivity (Wildman–Crippen MR) is 92.8 cm³/mol. The predicted octanol–water partition coefficient (Wildman–Crippen LogP) is 2.57. The molecule has 1 aromatic heterocycles. The molecule has 0 aliphatic carbocycles. The van der Waals surface area contributed by atoms with Gasteiger partial charge in [0.1, 0.15) is 0 Å². The standard InChI is InChI=1S/C19H25N3O/c1-3-17-15-20(2)12-13-22(17)19(23)14-16-6-8-18(9-7-16)21-10-4-5-11-21/h4-11,17H,3,12-15H2,1-2H3. The van der Waals surface area contributed by atoms with Crippen molar-refractivity contribution in [2.45, 2.75) is 25.8 Å². The topological polar surface area (TPSA) is 28.5 Å². The highest BCUT2D eigenvalue weighted by Crippen LogP contribution is 2.15. The zero-order valence-electron chi connectivity index (χ0n) is 14.0. The van der Waals surface area contributed by atoms with Crippen molar-refractivity contribution in [3.8, 4) is 5.69 Å². The highest BCUT2D eigenvalue weighted by molar-refractivity contribution is 5.79. The van der Waals surface area contributed by atoms with Gasteiger partial charge in [0, 0.05) is 43.8 Å². The molecule has 1 aromatic carbocycles. The number of carbonyl (C=O) groups is 1. The fraction of sp³-hybridized carbons (Fsp3) is 0.421. The van der Waals surface area contributed by atoms with Crippen LogP contribution in [0.15, 0.2) is 48.8 Å². The summed E-state index contributed by atoms with van der Waals surface area (Å²) in [7, 11) is 2.13. The molecule has 0 N–H and O–H groups in total. The van der Waals surface area contributed by atoms with Crippen molar-refractivity contribution in [3.63, 3.8) is 0 Å². The Labute approximate surface area is 138 Å². The van der Waals surface area contributed by atoms with E-state index in [2.05, 4.69) is 52.6 Å². The molecular weight excluding hydrogens is 286 g/mol. The monoisotopic (exact) mass is 311 g/mol. The summed E-state index contributed by atoms with van der Waals surface area (Å²) >= 11 is 0. The Bertz CT molecular complexity index is 633. The zero-order valence-corrected chi connectivity index (χ0v) is 14.0. The first-order valence-electron chi connectivity index (χ1n) is 8.37. The smallest absolute Gasteiger partial charge is 0.227 e. The number of likely N-dealkylation sites (N-methyl/N-ethyl adjacent to an activating group) is 1. The SMILES string of the molecule is CCC1CN(C)CCN1C(=O)Cc1ccc(-n2cccc2)cc1. The molecule has 23 heavy (non-hydrogen) atoms. The van der Waals surface area contributed by atoms with Crippen LogP contribution in [0.1, 0.15) is 18.9 Å². The quantitative estimate of drug-likeness (QED) is 0.868. The Morgan fingerprint density at radius 3 is 2.48 bits per heavy atom. The van der Waals surface area contributed by atoms with Crippen molar-refractivity contribution in [2.24, 2.45) is 0 Å². The van der Waals surface area contributed by atoms with Gasteiger partial charge in [0.15, 0.2) is 0 Å². The molecule has 1 fully saturated rings. The van der Waals surface area contributed by atoms with Gasteiger partial charge in [-0.05, 0) is 43.3 Å². The normalized spacial score (nSPS) is 19.0. The number of aromatic nitrogens is 1. The minimum absolute atomic E-state index is 0.249. The van der Waals surface area contributed by atoms with Crippen LogP contribution in [0.5, 0.6) is 0 Å². The van der Waals surface area contributed by atoms with Gasteiger partial charge in [-0.25, -0.2) is 0 Å². The fourth-order valence-electron chi connectivity index (χ4n) is 3.26. The van der Waals surface area contributed by atoms with Gasteiger partial charge in [0.05, 0.1) is 6.42 Å². The molecule has 0 radical (unpaired) electrons. The van der Waals surface area contributed by atoms with Crippen LogP contribution in [0.2, 0.25) is 0 Å². The second-order valence-electron chi connectivity index (χ2n) is 6.34. The average molecular weight is 311 g/mol. The van der Waals surface area contributed by atoms with Crippen molar-refractivity contribution < 1.29 is 4.79 Å². The van der Waals surface area contributed by atoms with E-state index in [1.807, 2.05) is 24.5 Å². The van der Waals surface area contributed by atoms with Crippen LogP contribution < -0.4 is 0 Å². The number of rotatable bonds is 4. The summed E-state index contributed by atoms with van der Waals surface area (Å²) in [5, 5.41) is 0. The first kappa shape index (κ1) is 15.8. The van der Waals surface area contributed by atoms with Crippen LogP contribution in [0, 0.1) is 0 Å². The van der Waals surface area contributed by atoms with Gasteiger partial charge >= 0.3 is 0 Å². The van der Waals surface area contributed by atoms with Crippen LogP contribution in [0.25, 0.3) is 5.69 Å². The third-order valence-electron chi connectivity index (χ3n) is 4.67. The Hall–Kier alpha value is -2.07. The summed E-state index contributed by atoms with van der Waals surface area (Å²) in [6.45, 7) is 4.95. The molecule has 122 valence electrons. The largest absolute Gasteiger partial charge is 0.337 e. The summed E-state index contributed by atoms with van der Waals surface area (Å²) in [6, 6.07) is 12.6. The Morgan fingerprint density at radius 1 is 1.13 bits per heavy atom. The number of benzene rings is 1. The van der Waals surface area contributed by atoms with Crippen LogP contribution in [0.3, 0.4) is 0 Å². The number of amides is 1. The van der Waals surface area contributed by atoms with Crippen molar-refractivity contribution in [1.29, 1.82) is 0 Å². The maximum Gasteiger partial charge on any atom is 0.227 e. The van der Waals surface area contributed by atoms with Gasteiger partial charge in [0.25, 0.3) is 0 Å². The van der Waals surface area contributed by atoms with E-state index >= 15 is 0 Å². The highest BCUT2D eigenvalue weighted by Gasteiger charge is 2.27. The third-order valence-corrected chi connectivity index (χ3v) is 4.67. The van der Waals surface area contributed by atoms with Crippen molar-refractivity contribution in [3.05, 3.63) is 54.4 Å². The molecule has 2 aromatic rings. The number of piperazine rings is 1. The summed E-state index contributed by atoms with van der Waals surface area (Å²) in [4.78, 5) is 17.0. The van der Waals surface area contributed by atoms with E-state index in [0.717, 1.165) is 37.3 Å². The Kier molecular flexibility index (Phi) is 4.82. The highest BCUT2D eigenvalue weighted by atomic mass is 16.2. The molecule has 0 bridgehead atoms. The fourth-order valence-corrected chi connectivity index (χ4v) is 3.26.